The minimum atomic E-state index is -3.61. The minimum Gasteiger partial charge on any atom is -0.476 e. The van der Waals surface area contributed by atoms with Crippen LogP contribution >= 0.6 is 0 Å². The second-order valence-corrected chi connectivity index (χ2v) is 8.57. The van der Waals surface area contributed by atoms with Crippen LogP contribution < -0.4 is 14.4 Å². The molecule has 0 bridgehead atoms. The summed E-state index contributed by atoms with van der Waals surface area (Å²) in [5, 5.41) is 2.67. The number of esters is 1. The molecule has 0 radical (unpaired) electrons. The lowest BCUT2D eigenvalue weighted by molar-refractivity contribution is -0.122. The highest BCUT2D eigenvalue weighted by Gasteiger charge is 2.35. The molecule has 0 saturated carbocycles. The Kier molecular flexibility index (Phi) is 5.78. The average Bonchev–Trinajstić information content (AvgIpc) is 2.66. The number of aryl methyl sites for hydroxylation is 1. The largest absolute Gasteiger partial charge is 0.476 e. The van der Waals surface area contributed by atoms with Crippen molar-refractivity contribution in [1.29, 1.82) is 0 Å². The standard InChI is InChI=1S/C20H22N2O6S/c1-4-27-20(24)14-6-5-7-15(11-14)21-19(23)18-12-22(29(3,25)26)16-10-13(2)8-9-17(16)28-18/h5-11,18H,4,12H2,1-3H3,(H,21,23)/t18-/m0/s1. The smallest absolute Gasteiger partial charge is 0.338 e. The van der Waals surface area contributed by atoms with Crippen molar-refractivity contribution in [3.63, 3.8) is 0 Å². The number of hydrogen-bond donors (Lipinski definition) is 1. The highest BCUT2D eigenvalue weighted by molar-refractivity contribution is 7.92. The maximum absolute atomic E-state index is 12.7. The van der Waals surface area contributed by atoms with Gasteiger partial charge in [0.15, 0.2) is 6.10 Å². The molecular weight excluding hydrogens is 396 g/mol. The molecule has 2 aromatic carbocycles. The number of ether oxygens (including phenoxy) is 2. The Balaban J connectivity index is 1.82. The van der Waals surface area contributed by atoms with Gasteiger partial charge < -0.3 is 14.8 Å². The van der Waals surface area contributed by atoms with Gasteiger partial charge in [0.05, 0.1) is 30.7 Å². The molecular formula is C20H22N2O6S. The van der Waals surface area contributed by atoms with Gasteiger partial charge in [-0.2, -0.15) is 0 Å². The van der Waals surface area contributed by atoms with Crippen LogP contribution in [0.5, 0.6) is 5.75 Å². The second-order valence-electron chi connectivity index (χ2n) is 6.66. The summed E-state index contributed by atoms with van der Waals surface area (Å²) in [6.07, 6.45) is 0.0357. The monoisotopic (exact) mass is 418 g/mol. The van der Waals surface area contributed by atoms with Crippen LogP contribution in [-0.2, 0) is 19.6 Å². The number of hydrogen-bond acceptors (Lipinski definition) is 6. The lowest BCUT2D eigenvalue weighted by Crippen LogP contribution is -2.48. The molecule has 0 aliphatic carbocycles. The second kappa shape index (κ2) is 8.12. The van der Waals surface area contributed by atoms with Crippen LogP contribution in [-0.4, -0.2) is 45.8 Å². The van der Waals surface area contributed by atoms with Crippen molar-refractivity contribution in [1.82, 2.24) is 0 Å². The molecule has 1 amide bonds. The Morgan fingerprint density at radius 3 is 2.69 bits per heavy atom. The molecule has 1 N–H and O–H groups in total. The first kappa shape index (κ1) is 20.7. The number of anilines is 2. The van der Waals surface area contributed by atoms with Crippen molar-refractivity contribution in [3.8, 4) is 5.75 Å². The predicted molar refractivity (Wildman–Crippen MR) is 109 cm³/mol. The first-order valence-corrected chi connectivity index (χ1v) is 10.9. The van der Waals surface area contributed by atoms with E-state index in [-0.39, 0.29) is 13.2 Å². The summed E-state index contributed by atoms with van der Waals surface area (Å²) in [4.78, 5) is 24.6. The molecule has 1 atom stereocenters. The zero-order chi connectivity index (χ0) is 21.2. The fourth-order valence-corrected chi connectivity index (χ4v) is 3.88. The maximum atomic E-state index is 12.7. The fraction of sp³-hybridized carbons (Fsp3) is 0.300. The van der Waals surface area contributed by atoms with Crippen molar-refractivity contribution < 1.29 is 27.5 Å². The molecule has 8 nitrogen and oxygen atoms in total. The van der Waals surface area contributed by atoms with Crippen LogP contribution in [0.3, 0.4) is 0 Å². The first-order chi connectivity index (χ1) is 13.7. The van der Waals surface area contributed by atoms with E-state index in [0.717, 1.165) is 16.1 Å². The number of sulfonamides is 1. The number of carbonyl (C=O) groups is 2. The van der Waals surface area contributed by atoms with E-state index in [1.807, 2.05) is 6.92 Å². The van der Waals surface area contributed by atoms with Gasteiger partial charge in [-0.25, -0.2) is 13.2 Å². The van der Waals surface area contributed by atoms with Gasteiger partial charge >= 0.3 is 5.97 Å². The molecule has 1 aliphatic heterocycles. The molecule has 0 aromatic heterocycles. The van der Waals surface area contributed by atoms with Crippen LogP contribution in [0.4, 0.5) is 11.4 Å². The van der Waals surface area contributed by atoms with Crippen LogP contribution in [0.25, 0.3) is 0 Å². The summed E-state index contributed by atoms with van der Waals surface area (Å²) in [5.41, 5.74) is 1.96. The summed E-state index contributed by atoms with van der Waals surface area (Å²) >= 11 is 0. The minimum absolute atomic E-state index is 0.154. The van der Waals surface area contributed by atoms with Crippen molar-refractivity contribution in [2.45, 2.75) is 20.0 Å². The van der Waals surface area contributed by atoms with Crippen molar-refractivity contribution in [3.05, 3.63) is 53.6 Å². The van der Waals surface area contributed by atoms with Crippen molar-refractivity contribution >= 4 is 33.3 Å². The topological polar surface area (TPSA) is 102 Å². The van der Waals surface area contributed by atoms with Gasteiger partial charge in [-0.05, 0) is 49.7 Å². The first-order valence-electron chi connectivity index (χ1n) is 9.02. The highest BCUT2D eigenvalue weighted by atomic mass is 32.2. The van der Waals surface area contributed by atoms with Crippen LogP contribution in [0.1, 0.15) is 22.8 Å². The van der Waals surface area contributed by atoms with E-state index in [1.165, 1.54) is 6.07 Å². The third-order valence-electron chi connectivity index (χ3n) is 4.32. The van der Waals surface area contributed by atoms with Crippen molar-refractivity contribution in [2.24, 2.45) is 0 Å². The third kappa shape index (κ3) is 4.68. The van der Waals surface area contributed by atoms with E-state index in [9.17, 15) is 18.0 Å². The number of rotatable bonds is 5. The third-order valence-corrected chi connectivity index (χ3v) is 5.46. The normalized spacial score (nSPS) is 15.8. The van der Waals surface area contributed by atoms with Gasteiger partial charge in [0.1, 0.15) is 5.75 Å². The molecule has 1 aliphatic rings. The van der Waals surface area contributed by atoms with Gasteiger partial charge in [0, 0.05) is 5.69 Å². The molecule has 0 fully saturated rings. The molecule has 154 valence electrons. The van der Waals surface area contributed by atoms with E-state index in [2.05, 4.69) is 5.32 Å². The van der Waals surface area contributed by atoms with E-state index in [4.69, 9.17) is 9.47 Å². The number of benzene rings is 2. The summed E-state index contributed by atoms with van der Waals surface area (Å²) in [5.74, 6) is -0.705. The Morgan fingerprint density at radius 1 is 1.24 bits per heavy atom. The van der Waals surface area contributed by atoms with E-state index < -0.39 is 28.0 Å². The molecule has 1 heterocycles. The summed E-state index contributed by atoms with van der Waals surface area (Å²) in [7, 11) is -3.61. The van der Waals surface area contributed by atoms with Gasteiger partial charge in [0.2, 0.25) is 10.0 Å². The number of nitrogens with zero attached hydrogens (tertiary/aromatic N) is 1. The van der Waals surface area contributed by atoms with Gasteiger partial charge in [-0.3, -0.25) is 9.10 Å². The zero-order valence-corrected chi connectivity index (χ0v) is 17.2. The molecule has 3 rings (SSSR count). The zero-order valence-electron chi connectivity index (χ0n) is 16.3. The molecule has 29 heavy (non-hydrogen) atoms. The lowest BCUT2D eigenvalue weighted by atomic mass is 10.1. The van der Waals surface area contributed by atoms with Crippen LogP contribution in [0.15, 0.2) is 42.5 Å². The number of carbonyl (C=O) groups excluding carboxylic acids is 2. The SMILES string of the molecule is CCOC(=O)c1cccc(NC(=O)[C@@H]2CN(S(C)(=O)=O)c3cc(C)ccc3O2)c1. The quantitative estimate of drug-likeness (QED) is 0.748. The van der Waals surface area contributed by atoms with E-state index in [1.54, 1.807) is 43.3 Å². The van der Waals surface area contributed by atoms with E-state index in [0.29, 0.717) is 22.7 Å². The van der Waals surface area contributed by atoms with Gasteiger partial charge in [-0.15, -0.1) is 0 Å². The fourth-order valence-electron chi connectivity index (χ4n) is 2.97. The molecule has 9 heteroatoms. The lowest BCUT2D eigenvalue weighted by Gasteiger charge is -2.34. The van der Waals surface area contributed by atoms with Crippen LogP contribution in [0.2, 0.25) is 0 Å². The summed E-state index contributed by atoms with van der Waals surface area (Å²) < 4.78 is 36.4. The predicted octanol–water partition coefficient (Wildman–Crippen LogP) is 2.34. The maximum Gasteiger partial charge on any atom is 0.338 e. The van der Waals surface area contributed by atoms with Crippen molar-refractivity contribution in [2.75, 3.05) is 29.0 Å². The summed E-state index contributed by atoms with van der Waals surface area (Å²) in [6.45, 7) is 3.64. The van der Waals surface area contributed by atoms with Crippen LogP contribution in [0, 0.1) is 6.92 Å². The average molecular weight is 418 g/mol. The molecule has 0 saturated heterocycles. The van der Waals surface area contributed by atoms with Gasteiger partial charge in [-0.1, -0.05) is 12.1 Å². The number of amides is 1. The summed E-state index contributed by atoms with van der Waals surface area (Å²) in [6, 6.07) is 11.4. The Labute approximate surface area is 169 Å². The van der Waals surface area contributed by atoms with Gasteiger partial charge in [0.25, 0.3) is 5.91 Å². The molecule has 0 spiro atoms. The molecule has 0 unspecified atom stereocenters. The Bertz CT molecular complexity index is 1050. The molecule has 2 aromatic rings. The van der Waals surface area contributed by atoms with E-state index >= 15 is 0 Å². The number of fused-ring (bicyclic) bond motifs is 1. The Hall–Kier alpha value is -3.07. The Morgan fingerprint density at radius 2 is 2.00 bits per heavy atom. The number of nitrogens with one attached hydrogen (secondary N) is 1. The highest BCUT2D eigenvalue weighted by Crippen LogP contribution is 2.36.